The average Bonchev–Trinajstić information content (AvgIpc) is 2.85. The molecule has 0 aliphatic heterocycles. The van der Waals surface area contributed by atoms with Crippen LogP contribution in [0.3, 0.4) is 0 Å². The molecule has 1 aromatic rings. The van der Waals surface area contributed by atoms with E-state index in [1.807, 2.05) is 12.3 Å². The van der Waals surface area contributed by atoms with Crippen LogP contribution in [-0.2, 0) is 0 Å². The van der Waals surface area contributed by atoms with E-state index in [4.69, 9.17) is 11.1 Å². The lowest BCUT2D eigenvalue weighted by molar-refractivity contribution is 0.992. The highest BCUT2D eigenvalue weighted by atomic mass is 79.9. The molecule has 0 N–H and O–H groups in total. The van der Waals surface area contributed by atoms with Crippen LogP contribution >= 0.6 is 15.9 Å². The van der Waals surface area contributed by atoms with E-state index in [1.54, 1.807) is 0 Å². The lowest BCUT2D eigenvalue weighted by Gasteiger charge is -1.94. The molecule has 1 aliphatic rings. The van der Waals surface area contributed by atoms with Gasteiger partial charge in [-0.2, -0.15) is 0 Å². The number of nitrogens with zero attached hydrogens (tertiary/aromatic N) is 4. The lowest BCUT2D eigenvalue weighted by Crippen LogP contribution is -1.82. The number of hydrogen-bond donors (Lipinski definition) is 0. The Bertz CT molecular complexity index is 329. The quantitative estimate of drug-likeness (QED) is 0.247. The molecular formula is C9H9BrN4. The Morgan fingerprint density at radius 1 is 1.50 bits per heavy atom. The zero-order valence-corrected chi connectivity index (χ0v) is 9.05. The van der Waals surface area contributed by atoms with E-state index in [-0.39, 0.29) is 0 Å². The minimum absolute atomic E-state index is 0.623. The summed E-state index contributed by atoms with van der Waals surface area (Å²) in [6, 6.07) is 4.10. The van der Waals surface area contributed by atoms with Gasteiger partial charge in [-0.15, -0.1) is 0 Å². The monoisotopic (exact) mass is 252 g/mol. The maximum Gasteiger partial charge on any atom is 0.106 e. The van der Waals surface area contributed by atoms with Gasteiger partial charge in [0.25, 0.3) is 0 Å². The second-order valence-corrected chi connectivity index (χ2v) is 3.92. The normalized spacial score (nSPS) is 22.9. The van der Waals surface area contributed by atoms with Gasteiger partial charge in [0.05, 0.1) is 6.92 Å². The van der Waals surface area contributed by atoms with Gasteiger partial charge in [-0.3, -0.25) is 4.91 Å². The van der Waals surface area contributed by atoms with Crippen molar-refractivity contribution in [3.63, 3.8) is 0 Å². The summed E-state index contributed by atoms with van der Waals surface area (Å²) in [4.78, 5) is 5.66. The fourth-order valence-corrected chi connectivity index (χ4v) is 1.50. The summed E-state index contributed by atoms with van der Waals surface area (Å²) in [6.45, 7) is 3.99. The number of halogens is 1. The van der Waals surface area contributed by atoms with Gasteiger partial charge in [-0.25, -0.2) is 4.98 Å². The van der Waals surface area contributed by atoms with E-state index in [1.165, 1.54) is 16.9 Å². The first-order chi connectivity index (χ1) is 6.69. The van der Waals surface area contributed by atoms with Crippen LogP contribution in [0.5, 0.6) is 0 Å². The fraction of sp³-hybridized carbons (Fsp3) is 0.333. The molecule has 1 aromatic heterocycles. The minimum Gasteiger partial charge on any atom is -0.373 e. The zero-order chi connectivity index (χ0) is 10.6. The third-order valence-electron chi connectivity index (χ3n) is 2.10. The first kappa shape index (κ1) is 10.9. The Balaban J connectivity index is 0.000000293. The van der Waals surface area contributed by atoms with Crippen LogP contribution in [0, 0.1) is 12.8 Å². The number of pyridine rings is 1. The largest absolute Gasteiger partial charge is 0.373 e. The van der Waals surface area contributed by atoms with Gasteiger partial charge >= 0.3 is 0 Å². The molecule has 2 rings (SSSR count). The molecule has 0 radical (unpaired) electrons. The van der Waals surface area contributed by atoms with Crippen LogP contribution in [0.15, 0.2) is 22.9 Å². The molecular weight excluding hydrogens is 244 g/mol. The van der Waals surface area contributed by atoms with Crippen LogP contribution in [0.25, 0.3) is 16.0 Å². The summed E-state index contributed by atoms with van der Waals surface area (Å²) in [6.07, 6.45) is 3.16. The van der Waals surface area contributed by atoms with E-state index in [0.717, 1.165) is 4.60 Å². The van der Waals surface area contributed by atoms with Crippen molar-refractivity contribution in [2.45, 2.75) is 12.3 Å². The van der Waals surface area contributed by atoms with E-state index < -0.39 is 0 Å². The summed E-state index contributed by atoms with van der Waals surface area (Å²) in [5.74, 6) is 1.30. The molecule has 14 heavy (non-hydrogen) atoms. The molecule has 4 nitrogen and oxygen atoms in total. The predicted octanol–water partition coefficient (Wildman–Crippen LogP) is 3.65. The zero-order valence-electron chi connectivity index (χ0n) is 7.47. The van der Waals surface area contributed by atoms with E-state index in [9.17, 15) is 0 Å². The van der Waals surface area contributed by atoms with Gasteiger partial charge in [0.2, 0.25) is 0 Å². The third kappa shape index (κ3) is 2.94. The highest BCUT2D eigenvalue weighted by molar-refractivity contribution is 9.10. The summed E-state index contributed by atoms with van der Waals surface area (Å²) >= 11 is 3.30. The highest BCUT2D eigenvalue weighted by Gasteiger charge is 2.40. The van der Waals surface area contributed by atoms with Gasteiger partial charge < -0.3 is 11.1 Å². The third-order valence-corrected chi connectivity index (χ3v) is 2.57. The second-order valence-electron chi connectivity index (χ2n) is 3.11. The number of rotatable bonds is 1. The fourth-order valence-electron chi connectivity index (χ4n) is 1.26. The molecule has 0 spiro atoms. The summed E-state index contributed by atoms with van der Waals surface area (Å²) in [7, 11) is 0. The molecule has 0 saturated heterocycles. The molecule has 72 valence electrons. The second kappa shape index (κ2) is 4.88. The summed E-state index contributed by atoms with van der Waals surface area (Å²) < 4.78 is 0.905. The Labute approximate surface area is 90.9 Å². The summed E-state index contributed by atoms with van der Waals surface area (Å²) in [5.41, 5.74) is 14.8. The van der Waals surface area contributed by atoms with Crippen molar-refractivity contribution in [3.8, 4) is 0 Å². The molecule has 1 fully saturated rings. The van der Waals surface area contributed by atoms with Gasteiger partial charge in [0.15, 0.2) is 0 Å². The molecule has 0 unspecified atom stereocenters. The topological polar surface area (TPSA) is 71.6 Å². The molecule has 0 aromatic carbocycles. The van der Waals surface area contributed by atoms with Crippen molar-refractivity contribution >= 4 is 15.9 Å². The standard InChI is InChI=1S/C9H9BrN.N3/c1-6-4-8(6)7-2-3-9(10)11-5-7;1-3-2/h2-3,5-6,8H,1,4H2;/q+1;-1/t6-,8-;/m1./s1. The van der Waals surface area contributed by atoms with Crippen molar-refractivity contribution in [1.29, 1.82) is 0 Å². The Kier molecular flexibility index (Phi) is 3.80. The molecule has 1 saturated carbocycles. The van der Waals surface area contributed by atoms with Gasteiger partial charge in [0.1, 0.15) is 10.5 Å². The molecule has 5 heteroatoms. The van der Waals surface area contributed by atoms with Crippen LogP contribution in [0.2, 0.25) is 0 Å². The van der Waals surface area contributed by atoms with Crippen molar-refractivity contribution < 1.29 is 0 Å². The van der Waals surface area contributed by atoms with E-state index >= 15 is 0 Å². The smallest absolute Gasteiger partial charge is 0.106 e. The van der Waals surface area contributed by atoms with Gasteiger partial charge in [0, 0.05) is 18.5 Å². The van der Waals surface area contributed by atoms with Crippen LogP contribution < -0.4 is 0 Å². The van der Waals surface area contributed by atoms with Crippen LogP contribution in [-0.4, -0.2) is 4.98 Å². The van der Waals surface area contributed by atoms with Crippen molar-refractivity contribution in [1.82, 2.24) is 4.98 Å². The molecule has 1 aliphatic carbocycles. The molecule has 0 amide bonds. The Hall–Kier alpha value is -1.19. The Morgan fingerprint density at radius 2 is 2.07 bits per heavy atom. The average molecular weight is 253 g/mol. The maximum absolute atomic E-state index is 6.75. The lowest BCUT2D eigenvalue weighted by atomic mass is 10.2. The molecule has 1 heterocycles. The van der Waals surface area contributed by atoms with Crippen molar-refractivity contribution in [2.75, 3.05) is 0 Å². The number of aromatic nitrogens is 1. The first-order valence-corrected chi connectivity index (χ1v) is 4.91. The SMILES string of the molecule is [CH2+][C@@H]1C[C@H]1c1ccc(Br)nc1.[N-]=[N+]=[N-]. The minimum atomic E-state index is 0.623. The van der Waals surface area contributed by atoms with Gasteiger partial charge in [-0.05, 0) is 27.6 Å². The number of hydrogen-bond acceptors (Lipinski definition) is 1. The van der Waals surface area contributed by atoms with Crippen molar-refractivity contribution in [2.24, 2.45) is 5.92 Å². The van der Waals surface area contributed by atoms with Crippen molar-refractivity contribution in [3.05, 3.63) is 51.4 Å². The highest BCUT2D eigenvalue weighted by Crippen LogP contribution is 2.46. The van der Waals surface area contributed by atoms with Crippen LogP contribution in [0.1, 0.15) is 17.9 Å². The van der Waals surface area contributed by atoms with Crippen LogP contribution in [0.4, 0.5) is 0 Å². The Morgan fingerprint density at radius 3 is 2.43 bits per heavy atom. The van der Waals surface area contributed by atoms with Gasteiger partial charge in [-0.1, -0.05) is 6.07 Å². The summed E-state index contributed by atoms with van der Waals surface area (Å²) in [5, 5.41) is 0. The predicted molar refractivity (Wildman–Crippen MR) is 58.2 cm³/mol. The first-order valence-electron chi connectivity index (χ1n) is 4.12. The molecule has 2 atom stereocenters. The molecule has 0 bridgehead atoms. The van der Waals surface area contributed by atoms with E-state index in [2.05, 4.69) is 33.9 Å². The van der Waals surface area contributed by atoms with E-state index in [0.29, 0.717) is 11.8 Å². The maximum atomic E-state index is 6.75.